The van der Waals surface area contributed by atoms with E-state index in [-0.39, 0.29) is 0 Å². The maximum absolute atomic E-state index is 4.65. The molecule has 1 aliphatic carbocycles. The molecule has 0 atom stereocenters. The molecule has 2 N–H and O–H groups in total. The first-order chi connectivity index (χ1) is 10.8. The Morgan fingerprint density at radius 1 is 1.23 bits per heavy atom. The lowest BCUT2D eigenvalue weighted by atomic mass is 9.89. The molecular weight excluding hydrogens is 292 g/mol. The van der Waals surface area contributed by atoms with Crippen molar-refractivity contribution in [3.63, 3.8) is 0 Å². The summed E-state index contributed by atoms with van der Waals surface area (Å²) in [7, 11) is 0. The minimum Gasteiger partial charge on any atom is -0.316 e. The molecule has 3 rings (SSSR count). The normalized spacial score (nSPS) is 15.9. The summed E-state index contributed by atoms with van der Waals surface area (Å²) < 4.78 is 0. The molecule has 0 aromatic carbocycles. The van der Waals surface area contributed by atoms with E-state index in [1.807, 2.05) is 18.3 Å². The van der Waals surface area contributed by atoms with E-state index in [1.54, 1.807) is 11.3 Å². The fraction of sp³-hybridized carbons (Fsp3) is 0.529. The second-order valence-corrected chi connectivity index (χ2v) is 7.28. The van der Waals surface area contributed by atoms with E-state index in [0.717, 1.165) is 35.7 Å². The van der Waals surface area contributed by atoms with Crippen LogP contribution in [0.15, 0.2) is 24.4 Å². The van der Waals surface area contributed by atoms with Crippen LogP contribution in [-0.4, -0.2) is 16.5 Å². The summed E-state index contributed by atoms with van der Waals surface area (Å²) in [5, 5.41) is 7.74. The van der Waals surface area contributed by atoms with Gasteiger partial charge in [-0.05, 0) is 44.4 Å². The van der Waals surface area contributed by atoms with Gasteiger partial charge in [-0.1, -0.05) is 25.3 Å². The highest BCUT2D eigenvalue weighted by Gasteiger charge is 2.12. The van der Waals surface area contributed by atoms with Crippen LogP contribution in [0.25, 0.3) is 0 Å². The summed E-state index contributed by atoms with van der Waals surface area (Å²) in [5.41, 5.74) is 1.08. The predicted molar refractivity (Wildman–Crippen MR) is 92.7 cm³/mol. The zero-order valence-electron chi connectivity index (χ0n) is 13.1. The Morgan fingerprint density at radius 3 is 2.86 bits per heavy atom. The first-order valence-corrected chi connectivity index (χ1v) is 8.97. The van der Waals surface area contributed by atoms with Crippen LogP contribution in [0.3, 0.4) is 0 Å². The van der Waals surface area contributed by atoms with Crippen LogP contribution >= 0.6 is 11.3 Å². The van der Waals surface area contributed by atoms with Gasteiger partial charge in [0.2, 0.25) is 0 Å². The molecule has 1 saturated carbocycles. The first kappa shape index (κ1) is 15.4. The van der Waals surface area contributed by atoms with Crippen molar-refractivity contribution in [3.8, 4) is 0 Å². The van der Waals surface area contributed by atoms with E-state index in [9.17, 15) is 0 Å². The molecule has 2 aromatic heterocycles. The summed E-state index contributed by atoms with van der Waals surface area (Å²) >= 11 is 1.65. The number of aromatic nitrogens is 2. The van der Waals surface area contributed by atoms with Crippen molar-refractivity contribution in [1.29, 1.82) is 0 Å². The third-order valence-electron chi connectivity index (χ3n) is 4.13. The molecule has 5 heteroatoms. The van der Waals surface area contributed by atoms with Gasteiger partial charge >= 0.3 is 0 Å². The average molecular weight is 316 g/mol. The minimum absolute atomic E-state index is 0.836. The van der Waals surface area contributed by atoms with Crippen LogP contribution in [0, 0.1) is 12.8 Å². The van der Waals surface area contributed by atoms with E-state index in [4.69, 9.17) is 0 Å². The highest BCUT2D eigenvalue weighted by atomic mass is 32.1. The lowest BCUT2D eigenvalue weighted by Crippen LogP contribution is -2.24. The summed E-state index contributed by atoms with van der Waals surface area (Å²) in [6.07, 6.45) is 8.86. The smallest absolute Gasteiger partial charge is 0.188 e. The summed E-state index contributed by atoms with van der Waals surface area (Å²) in [6, 6.07) is 6.11. The van der Waals surface area contributed by atoms with E-state index in [1.165, 1.54) is 37.0 Å². The van der Waals surface area contributed by atoms with Crippen molar-refractivity contribution < 1.29 is 0 Å². The Bertz CT molecular complexity index is 590. The van der Waals surface area contributed by atoms with Crippen LogP contribution in [0.5, 0.6) is 0 Å². The second kappa shape index (κ2) is 7.70. The summed E-state index contributed by atoms with van der Waals surface area (Å²) in [6.45, 7) is 4.01. The van der Waals surface area contributed by atoms with Crippen LogP contribution in [0.4, 0.5) is 10.9 Å². The van der Waals surface area contributed by atoms with Gasteiger partial charge < -0.3 is 10.6 Å². The Labute approximate surface area is 136 Å². The van der Waals surface area contributed by atoms with E-state index in [0.29, 0.717) is 0 Å². The third kappa shape index (κ3) is 4.52. The van der Waals surface area contributed by atoms with E-state index >= 15 is 0 Å². The number of hydrogen-bond acceptors (Lipinski definition) is 5. The predicted octanol–water partition coefficient (Wildman–Crippen LogP) is 4.26. The topological polar surface area (TPSA) is 49.8 Å². The second-order valence-electron chi connectivity index (χ2n) is 6.05. The number of anilines is 2. The Hall–Kier alpha value is -1.46. The zero-order valence-corrected chi connectivity index (χ0v) is 14.0. The number of nitrogens with zero attached hydrogens (tertiary/aromatic N) is 2. The Kier molecular flexibility index (Phi) is 5.40. The summed E-state index contributed by atoms with van der Waals surface area (Å²) in [4.78, 5) is 10.2. The molecule has 1 fully saturated rings. The lowest BCUT2D eigenvalue weighted by molar-refractivity contribution is 0.341. The largest absolute Gasteiger partial charge is 0.316 e. The number of rotatable bonds is 6. The molecule has 0 radical (unpaired) electrons. The van der Waals surface area contributed by atoms with Crippen molar-refractivity contribution in [1.82, 2.24) is 15.3 Å². The van der Waals surface area contributed by atoms with Crippen molar-refractivity contribution in [2.75, 3.05) is 11.9 Å². The van der Waals surface area contributed by atoms with Crippen LogP contribution in [0.2, 0.25) is 0 Å². The maximum atomic E-state index is 4.65. The SMILES string of the molecule is Cc1cnc(Nc2cccc(CNCC3CCCCC3)n2)s1. The molecule has 2 aromatic rings. The highest BCUT2D eigenvalue weighted by Crippen LogP contribution is 2.23. The molecule has 2 heterocycles. The first-order valence-electron chi connectivity index (χ1n) is 8.16. The number of hydrogen-bond donors (Lipinski definition) is 2. The lowest BCUT2D eigenvalue weighted by Gasteiger charge is -2.21. The summed E-state index contributed by atoms with van der Waals surface area (Å²) in [5.74, 6) is 1.72. The zero-order chi connectivity index (χ0) is 15.2. The molecule has 0 amide bonds. The van der Waals surface area contributed by atoms with Gasteiger partial charge in [0, 0.05) is 17.6 Å². The quantitative estimate of drug-likeness (QED) is 0.836. The number of aryl methyl sites for hydroxylation is 1. The standard InChI is InChI=1S/C17H24N4S/c1-13-10-19-17(22-13)21-16-9-5-8-15(20-16)12-18-11-14-6-3-2-4-7-14/h5,8-10,14,18H,2-4,6-7,11-12H2,1H3,(H,19,20,21). The Balaban J connectivity index is 1.50. The molecule has 118 valence electrons. The van der Waals surface area contributed by atoms with Gasteiger partial charge in [0.1, 0.15) is 5.82 Å². The van der Waals surface area contributed by atoms with Crippen molar-refractivity contribution >= 4 is 22.3 Å². The van der Waals surface area contributed by atoms with Crippen LogP contribution < -0.4 is 10.6 Å². The number of thiazole rings is 1. The Morgan fingerprint density at radius 2 is 2.09 bits per heavy atom. The van der Waals surface area contributed by atoms with E-state index < -0.39 is 0 Å². The van der Waals surface area contributed by atoms with Gasteiger partial charge in [-0.3, -0.25) is 0 Å². The molecule has 0 saturated heterocycles. The van der Waals surface area contributed by atoms with Crippen LogP contribution in [0.1, 0.15) is 42.7 Å². The van der Waals surface area contributed by atoms with Crippen molar-refractivity contribution in [2.45, 2.75) is 45.6 Å². The molecule has 0 bridgehead atoms. The fourth-order valence-corrected chi connectivity index (χ4v) is 3.64. The van der Waals surface area contributed by atoms with Crippen molar-refractivity contribution in [2.24, 2.45) is 5.92 Å². The third-order valence-corrected chi connectivity index (χ3v) is 4.96. The molecular formula is C17H24N4S. The maximum Gasteiger partial charge on any atom is 0.188 e. The molecule has 0 unspecified atom stereocenters. The average Bonchev–Trinajstić information content (AvgIpc) is 2.94. The van der Waals surface area contributed by atoms with Crippen molar-refractivity contribution in [3.05, 3.63) is 35.0 Å². The molecule has 0 aliphatic heterocycles. The van der Waals surface area contributed by atoms with Crippen LogP contribution in [-0.2, 0) is 6.54 Å². The number of pyridine rings is 1. The van der Waals surface area contributed by atoms with Gasteiger partial charge in [0.05, 0.1) is 5.69 Å². The fourth-order valence-electron chi connectivity index (χ4n) is 2.97. The van der Waals surface area contributed by atoms with Gasteiger partial charge in [-0.25, -0.2) is 9.97 Å². The molecule has 4 nitrogen and oxygen atoms in total. The van der Waals surface area contributed by atoms with Gasteiger partial charge in [0.15, 0.2) is 5.13 Å². The number of nitrogens with one attached hydrogen (secondary N) is 2. The highest BCUT2D eigenvalue weighted by molar-refractivity contribution is 7.15. The van der Waals surface area contributed by atoms with Gasteiger partial charge in [-0.15, -0.1) is 11.3 Å². The van der Waals surface area contributed by atoms with Gasteiger partial charge in [-0.2, -0.15) is 0 Å². The van der Waals surface area contributed by atoms with E-state index in [2.05, 4.69) is 33.6 Å². The molecule has 0 spiro atoms. The minimum atomic E-state index is 0.836. The molecule has 1 aliphatic rings. The molecule has 22 heavy (non-hydrogen) atoms. The van der Waals surface area contributed by atoms with Gasteiger partial charge in [0.25, 0.3) is 0 Å². The monoisotopic (exact) mass is 316 g/mol.